The molecule has 25 heavy (non-hydrogen) atoms. The van der Waals surface area contributed by atoms with E-state index in [2.05, 4.69) is 10.6 Å². The summed E-state index contributed by atoms with van der Waals surface area (Å²) in [5.41, 5.74) is 1.87. The lowest BCUT2D eigenvalue weighted by atomic mass is 10.2. The van der Waals surface area contributed by atoms with E-state index >= 15 is 0 Å². The molecular formula is C19H19N3O3. The number of nitrogens with one attached hydrogen (secondary N) is 2. The summed E-state index contributed by atoms with van der Waals surface area (Å²) in [6.07, 6.45) is 1.78. The van der Waals surface area contributed by atoms with Gasteiger partial charge in [0.15, 0.2) is 17.6 Å². The van der Waals surface area contributed by atoms with Crippen molar-refractivity contribution in [3.8, 4) is 11.5 Å². The summed E-state index contributed by atoms with van der Waals surface area (Å²) in [7, 11) is 1.99. The Labute approximate surface area is 145 Å². The number of aromatic nitrogens is 1. The molecule has 3 aromatic rings. The molecule has 0 fully saturated rings. The van der Waals surface area contributed by atoms with E-state index in [1.54, 1.807) is 0 Å². The number of hydrogen-bond donors (Lipinski definition) is 2. The highest BCUT2D eigenvalue weighted by Crippen LogP contribution is 2.30. The van der Waals surface area contributed by atoms with Crippen molar-refractivity contribution in [2.45, 2.75) is 6.10 Å². The molecule has 2 heterocycles. The van der Waals surface area contributed by atoms with E-state index in [0.29, 0.717) is 18.9 Å². The van der Waals surface area contributed by atoms with Crippen LogP contribution in [0.4, 0.5) is 10.5 Å². The van der Waals surface area contributed by atoms with Crippen molar-refractivity contribution in [1.29, 1.82) is 0 Å². The molecule has 1 aliphatic heterocycles. The molecule has 6 heteroatoms. The Hall–Kier alpha value is -3.15. The number of nitrogens with zero attached hydrogens (tertiary/aromatic N) is 1. The molecule has 0 saturated carbocycles. The third kappa shape index (κ3) is 3.24. The molecule has 0 radical (unpaired) electrons. The molecule has 2 aromatic carbocycles. The van der Waals surface area contributed by atoms with Crippen molar-refractivity contribution in [3.63, 3.8) is 0 Å². The van der Waals surface area contributed by atoms with Crippen molar-refractivity contribution in [2.24, 2.45) is 7.05 Å². The predicted molar refractivity (Wildman–Crippen MR) is 96.3 cm³/mol. The number of aryl methyl sites for hydroxylation is 1. The van der Waals surface area contributed by atoms with Gasteiger partial charge in [0.2, 0.25) is 0 Å². The molecule has 0 bridgehead atoms. The van der Waals surface area contributed by atoms with E-state index in [4.69, 9.17) is 9.47 Å². The summed E-state index contributed by atoms with van der Waals surface area (Å²) in [5, 5.41) is 6.76. The van der Waals surface area contributed by atoms with Gasteiger partial charge >= 0.3 is 6.03 Å². The van der Waals surface area contributed by atoms with Crippen molar-refractivity contribution < 1.29 is 14.3 Å². The minimum atomic E-state index is -0.266. The van der Waals surface area contributed by atoms with E-state index in [0.717, 1.165) is 22.3 Å². The van der Waals surface area contributed by atoms with Gasteiger partial charge in [-0.05, 0) is 36.4 Å². The summed E-state index contributed by atoms with van der Waals surface area (Å²) in [5.74, 6) is 1.44. The Bertz CT molecular complexity index is 919. The first-order valence-corrected chi connectivity index (χ1v) is 8.17. The third-order valence-corrected chi connectivity index (χ3v) is 4.20. The van der Waals surface area contributed by atoms with Crippen LogP contribution in [0.2, 0.25) is 0 Å². The van der Waals surface area contributed by atoms with Crippen LogP contribution in [0.5, 0.6) is 11.5 Å². The highest BCUT2D eigenvalue weighted by atomic mass is 16.6. The number of fused-ring (bicyclic) bond motifs is 2. The minimum absolute atomic E-state index is 0.211. The predicted octanol–water partition coefficient (Wildman–Crippen LogP) is 3.14. The molecule has 2 amide bonds. The molecular weight excluding hydrogens is 318 g/mol. The Morgan fingerprint density at radius 1 is 1.20 bits per heavy atom. The van der Waals surface area contributed by atoms with Gasteiger partial charge in [0.1, 0.15) is 6.61 Å². The number of ether oxygens (including phenoxy) is 2. The number of carbonyl (C=O) groups is 1. The van der Waals surface area contributed by atoms with E-state index in [1.807, 2.05) is 66.3 Å². The molecule has 1 aliphatic rings. The zero-order valence-electron chi connectivity index (χ0n) is 13.9. The van der Waals surface area contributed by atoms with Crippen LogP contribution in [0.15, 0.2) is 54.7 Å². The van der Waals surface area contributed by atoms with Gasteiger partial charge in [0.25, 0.3) is 0 Å². The highest BCUT2D eigenvalue weighted by molar-refractivity contribution is 5.92. The fourth-order valence-electron chi connectivity index (χ4n) is 2.90. The SMILES string of the molecule is Cn1ccc2cc(NC(=O)NC[C@H]3COc4ccccc4O3)ccc21. The van der Waals surface area contributed by atoms with E-state index in [9.17, 15) is 4.79 Å². The summed E-state index contributed by atoms with van der Waals surface area (Å²) in [4.78, 5) is 12.1. The standard InChI is InChI=1S/C19H19N3O3/c1-22-9-8-13-10-14(6-7-16(13)22)21-19(23)20-11-15-12-24-17-4-2-3-5-18(17)25-15/h2-10,15H,11-12H2,1H3,(H2,20,21,23)/t15-/m0/s1. The van der Waals surface area contributed by atoms with Crippen LogP contribution in [-0.4, -0.2) is 29.9 Å². The van der Waals surface area contributed by atoms with E-state index in [-0.39, 0.29) is 12.1 Å². The number of benzene rings is 2. The zero-order chi connectivity index (χ0) is 17.2. The van der Waals surface area contributed by atoms with Crippen LogP contribution in [0.25, 0.3) is 10.9 Å². The summed E-state index contributed by atoms with van der Waals surface area (Å²) >= 11 is 0. The average Bonchev–Trinajstić information content (AvgIpc) is 3.00. The van der Waals surface area contributed by atoms with Crippen LogP contribution >= 0.6 is 0 Å². The molecule has 2 N–H and O–H groups in total. The molecule has 0 aliphatic carbocycles. The second kappa shape index (κ2) is 6.39. The van der Waals surface area contributed by atoms with Crippen LogP contribution in [0, 0.1) is 0 Å². The van der Waals surface area contributed by atoms with E-state index in [1.165, 1.54) is 0 Å². The molecule has 1 atom stereocenters. The summed E-state index contributed by atoms with van der Waals surface area (Å²) < 4.78 is 13.5. The van der Waals surface area contributed by atoms with Gasteiger partial charge in [-0.1, -0.05) is 12.1 Å². The van der Waals surface area contributed by atoms with Crippen LogP contribution in [-0.2, 0) is 7.05 Å². The number of para-hydroxylation sites is 2. The van der Waals surface area contributed by atoms with Gasteiger partial charge < -0.3 is 24.7 Å². The lowest BCUT2D eigenvalue weighted by Gasteiger charge is -2.26. The molecule has 128 valence electrons. The highest BCUT2D eigenvalue weighted by Gasteiger charge is 2.21. The molecule has 6 nitrogen and oxygen atoms in total. The van der Waals surface area contributed by atoms with Gasteiger partial charge in [0.05, 0.1) is 6.54 Å². The minimum Gasteiger partial charge on any atom is -0.486 e. The number of urea groups is 1. The first-order chi connectivity index (χ1) is 12.2. The number of rotatable bonds is 3. The van der Waals surface area contributed by atoms with Crippen molar-refractivity contribution in [1.82, 2.24) is 9.88 Å². The Morgan fingerprint density at radius 2 is 2.04 bits per heavy atom. The second-order valence-electron chi connectivity index (χ2n) is 6.03. The maximum absolute atomic E-state index is 12.1. The molecule has 1 aromatic heterocycles. The summed E-state index contributed by atoms with van der Waals surface area (Å²) in [6, 6.07) is 15.1. The van der Waals surface area contributed by atoms with Gasteiger partial charge in [0, 0.05) is 29.8 Å². The van der Waals surface area contributed by atoms with Gasteiger partial charge in [-0.3, -0.25) is 0 Å². The van der Waals surface area contributed by atoms with Crippen molar-refractivity contribution >= 4 is 22.6 Å². The third-order valence-electron chi connectivity index (χ3n) is 4.20. The smallest absolute Gasteiger partial charge is 0.319 e. The van der Waals surface area contributed by atoms with Crippen LogP contribution in [0.3, 0.4) is 0 Å². The normalized spacial score (nSPS) is 15.8. The van der Waals surface area contributed by atoms with Crippen LogP contribution in [0.1, 0.15) is 0 Å². The number of amides is 2. The van der Waals surface area contributed by atoms with Crippen LogP contribution < -0.4 is 20.1 Å². The topological polar surface area (TPSA) is 64.5 Å². The maximum atomic E-state index is 12.1. The first kappa shape index (κ1) is 15.4. The quantitative estimate of drug-likeness (QED) is 0.772. The molecule has 0 saturated heterocycles. The number of anilines is 1. The fraction of sp³-hybridized carbons (Fsp3) is 0.211. The Kier molecular flexibility index (Phi) is 3.93. The fourth-order valence-corrected chi connectivity index (χ4v) is 2.90. The monoisotopic (exact) mass is 337 g/mol. The Morgan fingerprint density at radius 3 is 2.92 bits per heavy atom. The number of hydrogen-bond acceptors (Lipinski definition) is 3. The molecule has 4 rings (SSSR count). The lowest BCUT2D eigenvalue weighted by molar-refractivity contribution is 0.0922. The Balaban J connectivity index is 1.33. The van der Waals surface area contributed by atoms with Gasteiger partial charge in [-0.15, -0.1) is 0 Å². The van der Waals surface area contributed by atoms with Crippen molar-refractivity contribution in [3.05, 3.63) is 54.7 Å². The molecule has 0 spiro atoms. The van der Waals surface area contributed by atoms with E-state index < -0.39 is 0 Å². The largest absolute Gasteiger partial charge is 0.486 e. The second-order valence-corrected chi connectivity index (χ2v) is 6.03. The first-order valence-electron chi connectivity index (χ1n) is 8.17. The van der Waals surface area contributed by atoms with Crippen molar-refractivity contribution in [2.75, 3.05) is 18.5 Å². The summed E-state index contributed by atoms with van der Waals surface area (Å²) in [6.45, 7) is 0.779. The van der Waals surface area contributed by atoms with Gasteiger partial charge in [-0.2, -0.15) is 0 Å². The van der Waals surface area contributed by atoms with Gasteiger partial charge in [-0.25, -0.2) is 4.79 Å². The molecule has 0 unspecified atom stereocenters. The number of carbonyl (C=O) groups excluding carboxylic acids is 1. The average molecular weight is 337 g/mol. The zero-order valence-corrected chi connectivity index (χ0v) is 13.9. The lowest BCUT2D eigenvalue weighted by Crippen LogP contribution is -2.42. The maximum Gasteiger partial charge on any atom is 0.319 e.